The molecule has 2 aromatic rings. The van der Waals surface area contributed by atoms with Gasteiger partial charge in [-0.1, -0.05) is 22.0 Å². The maximum atomic E-state index is 12.6. The zero-order chi connectivity index (χ0) is 17.3. The van der Waals surface area contributed by atoms with E-state index >= 15 is 0 Å². The number of halogens is 1. The number of anilines is 3. The molecule has 3 rings (SSSR count). The molecule has 0 radical (unpaired) electrons. The third kappa shape index (κ3) is 3.28. The molecular formula is C18H18BrN3O2. The van der Waals surface area contributed by atoms with Gasteiger partial charge in [0.2, 0.25) is 5.91 Å². The molecule has 0 unspecified atom stereocenters. The van der Waals surface area contributed by atoms with Crippen LogP contribution in [0.25, 0.3) is 0 Å². The highest BCUT2D eigenvalue weighted by Crippen LogP contribution is 2.27. The number of carbonyl (C=O) groups is 2. The Morgan fingerprint density at radius 3 is 2.46 bits per heavy atom. The minimum Gasteiger partial charge on any atom is -0.378 e. The SMILES string of the molecule is CN(C)c1ccc(N[C@H]2CC(=O)N(c3cccc(Br)c3)C2=O)cc1. The molecule has 1 aliphatic rings. The van der Waals surface area contributed by atoms with E-state index in [0.29, 0.717) is 5.69 Å². The maximum Gasteiger partial charge on any atom is 0.256 e. The van der Waals surface area contributed by atoms with Gasteiger partial charge in [-0.3, -0.25) is 9.59 Å². The van der Waals surface area contributed by atoms with Crippen molar-refractivity contribution in [3.63, 3.8) is 0 Å². The van der Waals surface area contributed by atoms with Crippen LogP contribution in [0.15, 0.2) is 53.0 Å². The molecule has 1 fully saturated rings. The van der Waals surface area contributed by atoms with Crippen molar-refractivity contribution in [2.24, 2.45) is 0 Å². The van der Waals surface area contributed by atoms with Crippen molar-refractivity contribution in [2.75, 3.05) is 29.2 Å². The van der Waals surface area contributed by atoms with E-state index in [9.17, 15) is 9.59 Å². The molecule has 1 atom stereocenters. The molecule has 0 aliphatic carbocycles. The van der Waals surface area contributed by atoms with E-state index in [1.54, 1.807) is 18.2 Å². The van der Waals surface area contributed by atoms with Gasteiger partial charge in [0.25, 0.3) is 5.91 Å². The van der Waals surface area contributed by atoms with Crippen LogP contribution >= 0.6 is 15.9 Å². The summed E-state index contributed by atoms with van der Waals surface area (Å²) in [4.78, 5) is 28.2. The zero-order valence-electron chi connectivity index (χ0n) is 13.5. The average molecular weight is 388 g/mol. The summed E-state index contributed by atoms with van der Waals surface area (Å²) in [6.07, 6.45) is 0.154. The molecule has 1 saturated heterocycles. The normalized spacial score (nSPS) is 17.3. The number of rotatable bonds is 4. The minimum atomic E-state index is -0.540. The van der Waals surface area contributed by atoms with Crippen molar-refractivity contribution in [2.45, 2.75) is 12.5 Å². The predicted octanol–water partition coefficient (Wildman–Crippen LogP) is 3.26. The van der Waals surface area contributed by atoms with Gasteiger partial charge in [-0.2, -0.15) is 0 Å². The number of benzene rings is 2. The van der Waals surface area contributed by atoms with Crippen molar-refractivity contribution in [1.29, 1.82) is 0 Å². The highest BCUT2D eigenvalue weighted by atomic mass is 79.9. The van der Waals surface area contributed by atoms with Gasteiger partial charge in [-0.25, -0.2) is 4.90 Å². The van der Waals surface area contributed by atoms with E-state index in [1.807, 2.05) is 49.3 Å². The van der Waals surface area contributed by atoms with Crippen molar-refractivity contribution in [1.82, 2.24) is 0 Å². The highest BCUT2D eigenvalue weighted by molar-refractivity contribution is 9.10. The van der Waals surface area contributed by atoms with Crippen LogP contribution in [-0.4, -0.2) is 32.0 Å². The van der Waals surface area contributed by atoms with E-state index in [2.05, 4.69) is 21.2 Å². The third-order valence-corrected chi connectivity index (χ3v) is 4.43. The second kappa shape index (κ2) is 6.65. The van der Waals surface area contributed by atoms with Gasteiger partial charge in [0.1, 0.15) is 6.04 Å². The molecule has 1 N–H and O–H groups in total. The van der Waals surface area contributed by atoms with E-state index in [1.165, 1.54) is 4.90 Å². The molecule has 0 aromatic heterocycles. The van der Waals surface area contributed by atoms with Gasteiger partial charge < -0.3 is 10.2 Å². The van der Waals surface area contributed by atoms with Crippen LogP contribution in [0.4, 0.5) is 17.1 Å². The largest absolute Gasteiger partial charge is 0.378 e. The van der Waals surface area contributed by atoms with E-state index in [4.69, 9.17) is 0 Å². The van der Waals surface area contributed by atoms with Gasteiger partial charge in [0, 0.05) is 29.9 Å². The first kappa shape index (κ1) is 16.5. The lowest BCUT2D eigenvalue weighted by Gasteiger charge is -2.17. The van der Waals surface area contributed by atoms with Crippen molar-refractivity contribution < 1.29 is 9.59 Å². The monoisotopic (exact) mass is 387 g/mol. The standard InChI is InChI=1S/C18H18BrN3O2/c1-21(2)14-8-6-13(7-9-14)20-16-11-17(23)22(18(16)24)15-5-3-4-12(19)10-15/h3-10,16,20H,11H2,1-2H3/t16-/m0/s1. The van der Waals surface area contributed by atoms with Crippen LogP contribution in [0.1, 0.15) is 6.42 Å². The summed E-state index contributed by atoms with van der Waals surface area (Å²) in [5.74, 6) is -0.421. The lowest BCUT2D eigenvalue weighted by Crippen LogP contribution is -2.34. The number of carbonyl (C=O) groups excluding carboxylic acids is 2. The molecule has 6 heteroatoms. The fraction of sp³-hybridized carbons (Fsp3) is 0.222. The predicted molar refractivity (Wildman–Crippen MR) is 99.4 cm³/mol. The Kier molecular flexibility index (Phi) is 4.57. The second-order valence-electron chi connectivity index (χ2n) is 5.89. The minimum absolute atomic E-state index is 0.154. The number of hydrogen-bond donors (Lipinski definition) is 1. The quantitative estimate of drug-likeness (QED) is 0.818. The fourth-order valence-corrected chi connectivity index (χ4v) is 3.08. The van der Waals surface area contributed by atoms with Gasteiger partial charge in [-0.05, 0) is 42.5 Å². The summed E-state index contributed by atoms with van der Waals surface area (Å²) in [7, 11) is 3.94. The van der Waals surface area contributed by atoms with Gasteiger partial charge in [0.15, 0.2) is 0 Å². The average Bonchev–Trinajstić information content (AvgIpc) is 2.82. The summed E-state index contributed by atoms with van der Waals surface area (Å²) >= 11 is 3.37. The molecular weight excluding hydrogens is 370 g/mol. The van der Waals surface area contributed by atoms with E-state index in [-0.39, 0.29) is 18.2 Å². The first-order chi connectivity index (χ1) is 11.5. The van der Waals surface area contributed by atoms with Crippen LogP contribution in [0, 0.1) is 0 Å². The number of nitrogens with zero attached hydrogens (tertiary/aromatic N) is 2. The zero-order valence-corrected chi connectivity index (χ0v) is 15.1. The molecule has 5 nitrogen and oxygen atoms in total. The molecule has 1 aliphatic heterocycles. The molecule has 2 aromatic carbocycles. The Hall–Kier alpha value is -2.34. The maximum absolute atomic E-state index is 12.6. The van der Waals surface area contributed by atoms with Crippen molar-refractivity contribution >= 4 is 44.8 Å². The summed E-state index contributed by atoms with van der Waals surface area (Å²) in [6, 6.07) is 14.4. The van der Waals surface area contributed by atoms with E-state index in [0.717, 1.165) is 15.8 Å². The summed E-state index contributed by atoms with van der Waals surface area (Å²) in [6.45, 7) is 0. The molecule has 0 spiro atoms. The van der Waals surface area contributed by atoms with Crippen LogP contribution in [0.2, 0.25) is 0 Å². The van der Waals surface area contributed by atoms with Crippen LogP contribution in [-0.2, 0) is 9.59 Å². The lowest BCUT2D eigenvalue weighted by atomic mass is 10.2. The number of imide groups is 1. The molecule has 0 saturated carbocycles. The van der Waals surface area contributed by atoms with Crippen LogP contribution in [0.5, 0.6) is 0 Å². The fourth-order valence-electron chi connectivity index (χ4n) is 2.69. The topological polar surface area (TPSA) is 52.7 Å². The molecule has 2 amide bonds. The molecule has 1 heterocycles. The first-order valence-corrected chi connectivity index (χ1v) is 8.41. The Bertz CT molecular complexity index is 774. The van der Waals surface area contributed by atoms with E-state index < -0.39 is 6.04 Å². The molecule has 0 bridgehead atoms. The first-order valence-electron chi connectivity index (χ1n) is 7.62. The number of nitrogens with one attached hydrogen (secondary N) is 1. The number of hydrogen-bond acceptors (Lipinski definition) is 4. The van der Waals surface area contributed by atoms with Crippen molar-refractivity contribution in [3.05, 3.63) is 53.0 Å². The van der Waals surface area contributed by atoms with Gasteiger partial charge >= 0.3 is 0 Å². The highest BCUT2D eigenvalue weighted by Gasteiger charge is 2.39. The smallest absolute Gasteiger partial charge is 0.256 e. The summed E-state index contributed by atoms with van der Waals surface area (Å²) < 4.78 is 0.830. The Labute approximate surface area is 149 Å². The Balaban J connectivity index is 1.76. The summed E-state index contributed by atoms with van der Waals surface area (Å²) in [5, 5.41) is 3.16. The second-order valence-corrected chi connectivity index (χ2v) is 6.81. The molecule has 124 valence electrons. The van der Waals surface area contributed by atoms with Crippen LogP contribution < -0.4 is 15.1 Å². The van der Waals surface area contributed by atoms with Gasteiger partial charge in [-0.15, -0.1) is 0 Å². The summed E-state index contributed by atoms with van der Waals surface area (Å²) in [5.41, 5.74) is 2.49. The van der Waals surface area contributed by atoms with Gasteiger partial charge in [0.05, 0.1) is 12.1 Å². The Morgan fingerprint density at radius 2 is 1.83 bits per heavy atom. The third-order valence-electron chi connectivity index (χ3n) is 3.94. The number of amides is 2. The lowest BCUT2D eigenvalue weighted by molar-refractivity contribution is -0.121. The van der Waals surface area contributed by atoms with Crippen LogP contribution in [0.3, 0.4) is 0 Å². The van der Waals surface area contributed by atoms with Crippen molar-refractivity contribution in [3.8, 4) is 0 Å². The molecule has 24 heavy (non-hydrogen) atoms. The Morgan fingerprint density at radius 1 is 1.12 bits per heavy atom.